The molecule has 0 bridgehead atoms. The number of rotatable bonds is 5. The molecule has 25 heavy (non-hydrogen) atoms. The summed E-state index contributed by atoms with van der Waals surface area (Å²) in [4.78, 5) is 28.9. The van der Waals surface area contributed by atoms with Crippen molar-refractivity contribution in [3.63, 3.8) is 0 Å². The number of hydrogen-bond donors (Lipinski definition) is 1. The molecule has 3 heterocycles. The zero-order chi connectivity index (χ0) is 17.8. The zero-order valence-corrected chi connectivity index (χ0v) is 15.0. The highest BCUT2D eigenvalue weighted by molar-refractivity contribution is 5.47. The molecule has 8 nitrogen and oxygen atoms in total. The van der Waals surface area contributed by atoms with E-state index in [0.29, 0.717) is 12.6 Å². The third kappa shape index (κ3) is 4.33. The maximum atomic E-state index is 11.7. The first-order valence-electron chi connectivity index (χ1n) is 8.52. The first-order valence-corrected chi connectivity index (χ1v) is 8.52. The van der Waals surface area contributed by atoms with Gasteiger partial charge in [-0.3, -0.25) is 14.3 Å². The van der Waals surface area contributed by atoms with E-state index in [1.165, 1.54) is 6.07 Å². The Morgan fingerprint density at radius 2 is 2.00 bits per heavy atom. The zero-order valence-electron chi connectivity index (χ0n) is 15.0. The average Bonchev–Trinajstić information content (AvgIpc) is 2.61. The average molecular weight is 343 g/mol. The molecule has 0 saturated carbocycles. The fourth-order valence-electron chi connectivity index (χ4n) is 2.97. The second-order valence-electron chi connectivity index (χ2n) is 6.61. The first-order chi connectivity index (χ1) is 12.0. The monoisotopic (exact) mass is 343 g/mol. The van der Waals surface area contributed by atoms with E-state index >= 15 is 0 Å². The lowest BCUT2D eigenvalue weighted by atomic mass is 10.1. The molecular weight excluding hydrogens is 318 g/mol. The standard InChI is InChI=1S/C17H25N7O/c1-22(2)15-10-14(19-12-20-15)21-13-5-8-24(9-6-13)11-16-18-7-4-17(25)23(16)3/h4,7,10,12-13H,5-6,8-9,11H2,1-3H3,(H,19,20,21). The van der Waals surface area contributed by atoms with Gasteiger partial charge in [-0.1, -0.05) is 0 Å². The molecule has 2 aromatic heterocycles. The van der Waals surface area contributed by atoms with Gasteiger partial charge in [-0.25, -0.2) is 15.0 Å². The smallest absolute Gasteiger partial charge is 0.253 e. The van der Waals surface area contributed by atoms with Gasteiger partial charge in [-0.05, 0) is 12.8 Å². The summed E-state index contributed by atoms with van der Waals surface area (Å²) in [7, 11) is 5.71. The normalized spacial score (nSPS) is 16.0. The van der Waals surface area contributed by atoms with Crippen LogP contribution in [-0.4, -0.2) is 57.6 Å². The molecule has 0 spiro atoms. The number of nitrogens with one attached hydrogen (secondary N) is 1. The molecule has 0 unspecified atom stereocenters. The summed E-state index contributed by atoms with van der Waals surface area (Å²) in [5.41, 5.74) is -0.0120. The number of likely N-dealkylation sites (tertiary alicyclic amines) is 1. The highest BCUT2D eigenvalue weighted by Gasteiger charge is 2.20. The van der Waals surface area contributed by atoms with Crippen LogP contribution in [0.15, 0.2) is 29.5 Å². The van der Waals surface area contributed by atoms with E-state index in [1.807, 2.05) is 25.1 Å². The van der Waals surface area contributed by atoms with Crippen molar-refractivity contribution in [2.75, 3.05) is 37.4 Å². The van der Waals surface area contributed by atoms with Gasteiger partial charge in [-0.2, -0.15) is 0 Å². The van der Waals surface area contributed by atoms with Crippen molar-refractivity contribution < 1.29 is 0 Å². The highest BCUT2D eigenvalue weighted by Crippen LogP contribution is 2.18. The molecule has 1 saturated heterocycles. The lowest BCUT2D eigenvalue weighted by molar-refractivity contribution is 0.203. The molecule has 8 heteroatoms. The second-order valence-corrected chi connectivity index (χ2v) is 6.61. The van der Waals surface area contributed by atoms with Crippen LogP contribution in [0.2, 0.25) is 0 Å². The minimum atomic E-state index is -0.0120. The predicted octanol–water partition coefficient (Wildman–Crippen LogP) is 0.713. The van der Waals surface area contributed by atoms with Crippen molar-refractivity contribution in [2.45, 2.75) is 25.4 Å². The molecule has 1 fully saturated rings. The van der Waals surface area contributed by atoms with Crippen LogP contribution in [0.1, 0.15) is 18.7 Å². The Balaban J connectivity index is 1.54. The van der Waals surface area contributed by atoms with Crippen LogP contribution >= 0.6 is 0 Å². The van der Waals surface area contributed by atoms with Crippen molar-refractivity contribution >= 4 is 11.6 Å². The lowest BCUT2D eigenvalue weighted by Gasteiger charge is -2.32. The molecule has 0 aliphatic carbocycles. The fourth-order valence-corrected chi connectivity index (χ4v) is 2.97. The summed E-state index contributed by atoms with van der Waals surface area (Å²) in [6.07, 6.45) is 5.24. The Kier molecular flexibility index (Phi) is 5.28. The molecule has 2 aromatic rings. The Morgan fingerprint density at radius 1 is 1.24 bits per heavy atom. The van der Waals surface area contributed by atoms with E-state index in [0.717, 1.165) is 43.4 Å². The summed E-state index contributed by atoms with van der Waals surface area (Å²) >= 11 is 0. The highest BCUT2D eigenvalue weighted by atomic mass is 16.1. The molecule has 3 rings (SSSR count). The predicted molar refractivity (Wildman–Crippen MR) is 97.8 cm³/mol. The van der Waals surface area contributed by atoms with E-state index < -0.39 is 0 Å². The SMILES string of the molecule is CN(C)c1cc(NC2CCN(Cc3nccc(=O)n3C)CC2)ncn1. The van der Waals surface area contributed by atoms with E-state index in [2.05, 4.69) is 25.2 Å². The number of hydrogen-bond acceptors (Lipinski definition) is 7. The minimum absolute atomic E-state index is 0.0120. The quantitative estimate of drug-likeness (QED) is 0.856. The number of piperidine rings is 1. The molecule has 0 atom stereocenters. The summed E-state index contributed by atoms with van der Waals surface area (Å²) in [6.45, 7) is 2.64. The molecule has 0 radical (unpaired) electrons. The molecular formula is C17H25N7O. The van der Waals surface area contributed by atoms with Gasteiger partial charge < -0.3 is 10.2 Å². The van der Waals surface area contributed by atoms with Gasteiger partial charge in [0.25, 0.3) is 5.56 Å². The summed E-state index contributed by atoms with van der Waals surface area (Å²) < 4.78 is 1.62. The van der Waals surface area contributed by atoms with Crippen molar-refractivity contribution in [3.05, 3.63) is 40.8 Å². The van der Waals surface area contributed by atoms with Crippen LogP contribution in [0.4, 0.5) is 11.6 Å². The Morgan fingerprint density at radius 3 is 2.72 bits per heavy atom. The van der Waals surface area contributed by atoms with Gasteiger partial charge in [0.05, 0.1) is 6.54 Å². The molecule has 0 amide bonds. The number of aromatic nitrogens is 4. The molecule has 134 valence electrons. The maximum Gasteiger partial charge on any atom is 0.253 e. The first kappa shape index (κ1) is 17.3. The lowest BCUT2D eigenvalue weighted by Crippen LogP contribution is -2.40. The summed E-state index contributed by atoms with van der Waals surface area (Å²) in [5.74, 6) is 2.57. The number of nitrogens with zero attached hydrogens (tertiary/aromatic N) is 6. The Labute approximate surface area is 147 Å². The second kappa shape index (κ2) is 7.60. The Bertz CT molecular complexity index is 766. The third-order valence-electron chi connectivity index (χ3n) is 4.57. The van der Waals surface area contributed by atoms with Crippen LogP contribution in [0.25, 0.3) is 0 Å². The van der Waals surface area contributed by atoms with E-state index in [1.54, 1.807) is 24.1 Å². The van der Waals surface area contributed by atoms with Crippen molar-refractivity contribution in [2.24, 2.45) is 7.05 Å². The van der Waals surface area contributed by atoms with Crippen LogP contribution in [0.3, 0.4) is 0 Å². The van der Waals surface area contributed by atoms with Crippen molar-refractivity contribution in [1.82, 2.24) is 24.4 Å². The van der Waals surface area contributed by atoms with Gasteiger partial charge in [0.2, 0.25) is 0 Å². The van der Waals surface area contributed by atoms with Crippen molar-refractivity contribution in [3.8, 4) is 0 Å². The molecule has 1 aliphatic rings. The van der Waals surface area contributed by atoms with E-state index in [4.69, 9.17) is 0 Å². The number of anilines is 2. The van der Waals surface area contributed by atoms with Gasteiger partial charge in [-0.15, -0.1) is 0 Å². The summed E-state index contributed by atoms with van der Waals surface area (Å²) in [6, 6.07) is 3.85. The molecule has 1 aliphatic heterocycles. The minimum Gasteiger partial charge on any atom is -0.367 e. The third-order valence-corrected chi connectivity index (χ3v) is 4.57. The van der Waals surface area contributed by atoms with Crippen LogP contribution < -0.4 is 15.8 Å². The van der Waals surface area contributed by atoms with E-state index in [-0.39, 0.29) is 5.56 Å². The van der Waals surface area contributed by atoms with Gasteiger partial charge >= 0.3 is 0 Å². The topological polar surface area (TPSA) is 79.2 Å². The Hall–Kier alpha value is -2.48. The van der Waals surface area contributed by atoms with Crippen LogP contribution in [-0.2, 0) is 13.6 Å². The maximum absolute atomic E-state index is 11.7. The fraction of sp³-hybridized carbons (Fsp3) is 0.529. The van der Waals surface area contributed by atoms with Gasteiger partial charge in [0.1, 0.15) is 23.8 Å². The molecule has 0 aromatic carbocycles. The van der Waals surface area contributed by atoms with E-state index in [9.17, 15) is 4.79 Å². The van der Waals surface area contributed by atoms with Gasteiger partial charge in [0, 0.05) is 58.6 Å². The largest absolute Gasteiger partial charge is 0.367 e. The van der Waals surface area contributed by atoms with Crippen LogP contribution in [0, 0.1) is 0 Å². The van der Waals surface area contributed by atoms with Crippen molar-refractivity contribution in [1.29, 1.82) is 0 Å². The van der Waals surface area contributed by atoms with Gasteiger partial charge in [0.15, 0.2) is 0 Å². The summed E-state index contributed by atoms with van der Waals surface area (Å²) in [5, 5.41) is 3.51. The molecule has 1 N–H and O–H groups in total. The van der Waals surface area contributed by atoms with Crippen LogP contribution in [0.5, 0.6) is 0 Å².